The number of nitrogens with two attached hydrogens (primary N) is 1. The van der Waals surface area contributed by atoms with Gasteiger partial charge in [-0.2, -0.15) is 0 Å². The highest BCUT2D eigenvalue weighted by Crippen LogP contribution is 2.37. The SMILES string of the molecule is N[C@@H](COP(=O)(O)O)C(=O)N[C@@H](COP(=O)(O)O)C(=O)N[C@@H](COP(=O)(O)O)C(=O)N[C@@H](CCC(=O)O)C(=O)N[C@@H](CCC(=O)O)C(=O)N[C@@H](CO)C(=O)O. The number of aliphatic hydroxyl groups excluding tert-OH is 1. The zero-order valence-corrected chi connectivity index (χ0v) is 30.4. The number of aliphatic hydroxyl groups is 1. The minimum atomic E-state index is -5.50. The number of carboxylic acid groups (broad SMARTS) is 3. The molecule has 6 atom stereocenters. The van der Waals surface area contributed by atoms with Crippen molar-refractivity contribution in [1.82, 2.24) is 26.6 Å². The van der Waals surface area contributed by atoms with Crippen LogP contribution in [0.3, 0.4) is 0 Å². The van der Waals surface area contributed by atoms with Gasteiger partial charge in [0.1, 0.15) is 36.3 Å². The molecule has 0 unspecified atom stereocenters. The molecule has 316 valence electrons. The third kappa shape index (κ3) is 23.5. The molecular weight excluding hydrogens is 825 g/mol. The molecule has 5 amide bonds. The molecule has 0 aromatic carbocycles. The summed E-state index contributed by atoms with van der Waals surface area (Å²) in [6.45, 7) is -5.28. The van der Waals surface area contributed by atoms with Gasteiger partial charge in [0.2, 0.25) is 29.5 Å². The molecule has 0 aromatic heterocycles. The normalized spacial score (nSPS) is 15.2. The molecule has 0 bridgehead atoms. The Bertz CT molecular complexity index is 1550. The van der Waals surface area contributed by atoms with Crippen LogP contribution in [0.1, 0.15) is 25.7 Å². The fourth-order valence-electron chi connectivity index (χ4n) is 3.59. The highest BCUT2D eigenvalue weighted by Gasteiger charge is 2.35. The minimum absolute atomic E-state index is 0.738. The van der Waals surface area contributed by atoms with Crippen molar-refractivity contribution in [3.8, 4) is 0 Å². The van der Waals surface area contributed by atoms with Crippen molar-refractivity contribution in [2.45, 2.75) is 61.9 Å². The summed E-state index contributed by atoms with van der Waals surface area (Å²) in [6, 6.07) is -12.6. The summed E-state index contributed by atoms with van der Waals surface area (Å²) in [4.78, 5) is 152. The zero-order valence-electron chi connectivity index (χ0n) is 27.7. The molecule has 0 fully saturated rings. The molecule has 0 spiro atoms. The maximum absolute atomic E-state index is 13.3. The van der Waals surface area contributed by atoms with Gasteiger partial charge in [0.15, 0.2) is 0 Å². The Morgan fingerprint density at radius 2 is 0.782 bits per heavy atom. The lowest BCUT2D eigenvalue weighted by molar-refractivity contribution is -0.144. The van der Waals surface area contributed by atoms with E-state index < -0.39 is 159 Å². The van der Waals surface area contributed by atoms with Crippen molar-refractivity contribution in [2.75, 3.05) is 26.4 Å². The first kappa shape index (κ1) is 51.0. The number of hydrogen-bond donors (Lipinski definition) is 16. The third-order valence-electron chi connectivity index (χ3n) is 6.20. The van der Waals surface area contributed by atoms with Crippen LogP contribution >= 0.6 is 23.5 Å². The first-order valence-corrected chi connectivity index (χ1v) is 19.3. The van der Waals surface area contributed by atoms with E-state index in [-0.39, 0.29) is 0 Å². The van der Waals surface area contributed by atoms with E-state index >= 15 is 0 Å². The van der Waals surface area contributed by atoms with Gasteiger partial charge < -0.3 is 82.1 Å². The van der Waals surface area contributed by atoms with Gasteiger partial charge in [-0.05, 0) is 12.8 Å². The summed E-state index contributed by atoms with van der Waals surface area (Å²) in [7, 11) is -16.1. The average Bonchev–Trinajstić information content (AvgIpc) is 3.04. The molecule has 0 saturated carbocycles. The van der Waals surface area contributed by atoms with Crippen LogP contribution in [0.4, 0.5) is 0 Å². The first-order chi connectivity index (χ1) is 25.0. The molecule has 0 saturated heterocycles. The van der Waals surface area contributed by atoms with Gasteiger partial charge in [-0.15, -0.1) is 0 Å². The van der Waals surface area contributed by atoms with E-state index in [4.69, 9.17) is 50.4 Å². The second kappa shape index (κ2) is 23.2. The van der Waals surface area contributed by atoms with E-state index in [0.717, 1.165) is 0 Å². The highest BCUT2D eigenvalue weighted by atomic mass is 31.2. The molecule has 17 N–H and O–H groups in total. The summed E-state index contributed by atoms with van der Waals surface area (Å²) in [5.74, 6) is -12.5. The van der Waals surface area contributed by atoms with Gasteiger partial charge in [-0.25, -0.2) is 18.5 Å². The second-order valence-electron chi connectivity index (χ2n) is 10.7. The van der Waals surface area contributed by atoms with Gasteiger partial charge in [-0.3, -0.25) is 47.1 Å². The molecule has 30 nitrogen and oxygen atoms in total. The first-order valence-electron chi connectivity index (χ1n) is 14.7. The number of amides is 5. The lowest BCUT2D eigenvalue weighted by Crippen LogP contribution is -2.61. The smallest absolute Gasteiger partial charge is 0.469 e. The summed E-state index contributed by atoms with van der Waals surface area (Å²) < 4.78 is 46.0. The third-order valence-corrected chi connectivity index (χ3v) is 7.66. The summed E-state index contributed by atoms with van der Waals surface area (Å²) in [5, 5.41) is 45.6. The van der Waals surface area contributed by atoms with Gasteiger partial charge in [0.25, 0.3) is 0 Å². The minimum Gasteiger partial charge on any atom is -0.481 e. The van der Waals surface area contributed by atoms with Crippen molar-refractivity contribution in [1.29, 1.82) is 0 Å². The fraction of sp³-hybridized carbons (Fsp3) is 0.636. The number of phosphoric ester groups is 3. The molecule has 0 rings (SSSR count). The van der Waals surface area contributed by atoms with Crippen molar-refractivity contribution in [3.05, 3.63) is 0 Å². The van der Waals surface area contributed by atoms with E-state index in [0.29, 0.717) is 0 Å². The number of carboxylic acids is 3. The van der Waals surface area contributed by atoms with Crippen molar-refractivity contribution >= 4 is 70.9 Å². The Morgan fingerprint density at radius 1 is 0.491 bits per heavy atom. The number of carbonyl (C=O) groups excluding carboxylic acids is 5. The van der Waals surface area contributed by atoms with Crippen LogP contribution < -0.4 is 32.3 Å². The zero-order chi connectivity index (χ0) is 42.9. The van der Waals surface area contributed by atoms with Crippen LogP contribution in [-0.2, 0) is 65.6 Å². The van der Waals surface area contributed by atoms with Gasteiger partial charge in [-0.1, -0.05) is 0 Å². The van der Waals surface area contributed by atoms with Crippen LogP contribution in [0, 0.1) is 0 Å². The van der Waals surface area contributed by atoms with E-state index in [1.54, 1.807) is 16.0 Å². The largest absolute Gasteiger partial charge is 0.481 e. The monoisotopic (exact) mass is 864 g/mol. The number of rotatable bonds is 27. The Balaban J connectivity index is 6.54. The Hall–Kier alpha value is -3.99. The molecule has 0 aromatic rings. The van der Waals surface area contributed by atoms with Gasteiger partial charge >= 0.3 is 41.4 Å². The second-order valence-corrected chi connectivity index (χ2v) is 14.4. The average molecular weight is 864 g/mol. The lowest BCUT2D eigenvalue weighted by Gasteiger charge is -2.27. The topological polar surface area (TPSA) is 504 Å². The van der Waals surface area contributed by atoms with Crippen molar-refractivity contribution in [3.63, 3.8) is 0 Å². The number of carbonyl (C=O) groups is 8. The van der Waals surface area contributed by atoms with Gasteiger partial charge in [0.05, 0.1) is 26.4 Å². The molecule has 0 heterocycles. The molecule has 0 radical (unpaired) electrons. The molecule has 0 aliphatic rings. The van der Waals surface area contributed by atoms with E-state index in [1.165, 1.54) is 0 Å². The summed E-state index contributed by atoms with van der Waals surface area (Å²) >= 11 is 0. The van der Waals surface area contributed by atoms with E-state index in [2.05, 4.69) is 13.6 Å². The summed E-state index contributed by atoms with van der Waals surface area (Å²) in [5.41, 5.74) is 5.42. The van der Waals surface area contributed by atoms with Crippen molar-refractivity contribution in [2.24, 2.45) is 5.73 Å². The molecule has 0 aliphatic heterocycles. The van der Waals surface area contributed by atoms with E-state index in [1.807, 2.05) is 10.6 Å². The maximum Gasteiger partial charge on any atom is 0.469 e. The molecule has 0 aliphatic carbocycles. The van der Waals surface area contributed by atoms with Crippen LogP contribution in [0.2, 0.25) is 0 Å². The predicted molar refractivity (Wildman–Crippen MR) is 170 cm³/mol. The Labute approximate surface area is 307 Å². The lowest BCUT2D eigenvalue weighted by atomic mass is 10.1. The quantitative estimate of drug-likeness (QED) is 0.0341. The van der Waals surface area contributed by atoms with Crippen LogP contribution in [-0.4, -0.2) is 160 Å². The number of phosphoric acid groups is 3. The predicted octanol–water partition coefficient (Wildman–Crippen LogP) is -7.13. The number of nitrogens with one attached hydrogen (secondary N) is 5. The highest BCUT2D eigenvalue weighted by molar-refractivity contribution is 7.46. The number of aliphatic carboxylic acids is 3. The molecule has 55 heavy (non-hydrogen) atoms. The van der Waals surface area contributed by atoms with Crippen LogP contribution in [0.15, 0.2) is 0 Å². The number of hydrogen-bond acceptors (Lipinski definition) is 16. The van der Waals surface area contributed by atoms with Crippen LogP contribution in [0.25, 0.3) is 0 Å². The Morgan fingerprint density at radius 3 is 1.09 bits per heavy atom. The maximum atomic E-state index is 13.3. The standard InChI is InChI=1S/C22H39N6O24P3/c23-9(6-50-53(41,42)43)17(34)27-13(7-51-54(44,45)46)21(38)28-14(8-52-55(47,48)49)20(37)25-10(1-3-15(30)31)18(35)24-11(2-4-16(32)33)19(36)26-12(5-29)22(39)40/h9-14,29H,1-8,23H2,(H,24,35)(H,25,37)(H,26,36)(H,27,34)(H,28,38)(H,30,31)(H,32,33)(H,39,40)(H2,41,42,43)(H2,44,45,46)(H2,47,48,49)/t9-,10-,11-,12-,13-,14-/m0/s1. The molecule has 33 heteroatoms. The van der Waals surface area contributed by atoms with Gasteiger partial charge in [0, 0.05) is 12.8 Å². The fourth-order valence-corrected chi connectivity index (χ4v) is 4.63. The molecular formula is C22H39N6O24P3. The Kier molecular flexibility index (Phi) is 21.5. The summed E-state index contributed by atoms with van der Waals surface area (Å²) in [6.07, 6.45) is -3.35. The van der Waals surface area contributed by atoms with Crippen LogP contribution in [0.5, 0.6) is 0 Å². The van der Waals surface area contributed by atoms with E-state index in [9.17, 15) is 57.2 Å². The van der Waals surface area contributed by atoms with Crippen molar-refractivity contribution < 1.29 is 115 Å².